The van der Waals surface area contributed by atoms with Gasteiger partial charge in [0.2, 0.25) is 5.91 Å². The molecule has 0 saturated carbocycles. The molecule has 2 heterocycles. The number of aryl methyl sites for hydroxylation is 1. The monoisotopic (exact) mass is 388 g/mol. The maximum Gasteiger partial charge on any atom is 0.224 e. The number of nitrogens with one attached hydrogen (secondary N) is 1. The average Bonchev–Trinajstić information content (AvgIpc) is 3.39. The molecule has 6 heteroatoms. The smallest absolute Gasteiger partial charge is 0.224 e. The van der Waals surface area contributed by atoms with Crippen molar-refractivity contribution in [1.29, 1.82) is 0 Å². The first-order valence-corrected chi connectivity index (χ1v) is 9.38. The number of carbonyl (C=O) groups is 1. The van der Waals surface area contributed by atoms with Crippen LogP contribution in [0.5, 0.6) is 0 Å². The van der Waals surface area contributed by atoms with E-state index in [0.717, 1.165) is 11.3 Å². The molecule has 0 aliphatic rings. The highest BCUT2D eigenvalue weighted by Crippen LogP contribution is 2.17. The van der Waals surface area contributed by atoms with Crippen LogP contribution in [0.2, 0.25) is 0 Å². The topological polar surface area (TPSA) is 51.9 Å². The molecule has 0 bridgehead atoms. The number of imidazole rings is 1. The second-order valence-electron chi connectivity index (χ2n) is 6.84. The summed E-state index contributed by atoms with van der Waals surface area (Å²) < 4.78 is 18.2. The van der Waals surface area contributed by atoms with E-state index in [-0.39, 0.29) is 24.7 Å². The molecule has 0 unspecified atom stereocenters. The molecule has 0 aliphatic heterocycles. The molecule has 146 valence electrons. The number of hydrogen-bond donors (Lipinski definition) is 1. The van der Waals surface area contributed by atoms with Gasteiger partial charge in [-0.1, -0.05) is 18.2 Å². The van der Waals surface area contributed by atoms with Gasteiger partial charge in [-0.05, 0) is 54.4 Å². The van der Waals surface area contributed by atoms with E-state index < -0.39 is 0 Å². The SMILES string of the molecule is Cc1nccn1-c1ccc(CNC(=O)Cc2ccc(-n3cccc3)cc2)cc1F. The second kappa shape index (κ2) is 8.14. The normalized spacial score (nSPS) is 10.8. The first-order valence-electron chi connectivity index (χ1n) is 9.38. The van der Waals surface area contributed by atoms with Gasteiger partial charge in [0.1, 0.15) is 11.6 Å². The van der Waals surface area contributed by atoms with E-state index >= 15 is 0 Å². The first-order chi connectivity index (χ1) is 14.1. The fourth-order valence-corrected chi connectivity index (χ4v) is 3.23. The van der Waals surface area contributed by atoms with Gasteiger partial charge in [-0.15, -0.1) is 0 Å². The Morgan fingerprint density at radius 3 is 2.41 bits per heavy atom. The van der Waals surface area contributed by atoms with Gasteiger partial charge in [-0.3, -0.25) is 4.79 Å². The Kier molecular flexibility index (Phi) is 5.24. The quantitative estimate of drug-likeness (QED) is 0.543. The number of hydrogen-bond acceptors (Lipinski definition) is 2. The number of carbonyl (C=O) groups excluding carboxylic acids is 1. The van der Waals surface area contributed by atoms with Crippen LogP contribution in [0, 0.1) is 12.7 Å². The van der Waals surface area contributed by atoms with Crippen LogP contribution in [0.1, 0.15) is 17.0 Å². The van der Waals surface area contributed by atoms with Crippen LogP contribution in [0.15, 0.2) is 79.4 Å². The maximum absolute atomic E-state index is 14.5. The molecule has 2 aromatic heterocycles. The van der Waals surface area contributed by atoms with Crippen LogP contribution in [0.4, 0.5) is 4.39 Å². The Hall–Kier alpha value is -3.67. The Labute approximate surface area is 168 Å². The zero-order valence-electron chi connectivity index (χ0n) is 16.0. The molecule has 1 N–H and O–H groups in total. The molecule has 0 atom stereocenters. The van der Waals surface area contributed by atoms with E-state index in [1.807, 2.05) is 66.3 Å². The lowest BCUT2D eigenvalue weighted by atomic mass is 10.1. The molecular weight excluding hydrogens is 367 g/mol. The van der Waals surface area contributed by atoms with E-state index in [2.05, 4.69) is 10.3 Å². The summed E-state index contributed by atoms with van der Waals surface area (Å²) in [5.41, 5.74) is 3.12. The number of rotatable bonds is 6. The van der Waals surface area contributed by atoms with Gasteiger partial charge in [0.05, 0.1) is 12.1 Å². The molecule has 2 aromatic carbocycles. The van der Waals surface area contributed by atoms with Gasteiger partial charge >= 0.3 is 0 Å². The predicted octanol–water partition coefficient (Wildman–Crippen LogP) is 3.97. The highest BCUT2D eigenvalue weighted by atomic mass is 19.1. The summed E-state index contributed by atoms with van der Waals surface area (Å²) >= 11 is 0. The van der Waals surface area contributed by atoms with Crippen LogP contribution in [-0.4, -0.2) is 20.0 Å². The maximum atomic E-state index is 14.5. The number of nitrogens with zero attached hydrogens (tertiary/aromatic N) is 3. The van der Waals surface area contributed by atoms with Gasteiger partial charge in [-0.2, -0.15) is 0 Å². The summed E-state index contributed by atoms with van der Waals surface area (Å²) in [6.07, 6.45) is 7.58. The lowest BCUT2D eigenvalue weighted by Crippen LogP contribution is -2.24. The molecule has 0 aliphatic carbocycles. The summed E-state index contributed by atoms with van der Waals surface area (Å²) in [5, 5.41) is 2.85. The van der Waals surface area contributed by atoms with Crippen LogP contribution in [-0.2, 0) is 17.8 Å². The van der Waals surface area contributed by atoms with Crippen molar-refractivity contribution in [3.8, 4) is 11.4 Å². The molecule has 29 heavy (non-hydrogen) atoms. The Morgan fingerprint density at radius 2 is 1.76 bits per heavy atom. The molecule has 0 spiro atoms. The van der Waals surface area contributed by atoms with Crippen molar-refractivity contribution in [1.82, 2.24) is 19.4 Å². The van der Waals surface area contributed by atoms with Crippen molar-refractivity contribution in [2.45, 2.75) is 19.9 Å². The molecule has 0 radical (unpaired) electrons. The third-order valence-corrected chi connectivity index (χ3v) is 4.79. The van der Waals surface area contributed by atoms with Crippen molar-refractivity contribution in [2.75, 3.05) is 0 Å². The lowest BCUT2D eigenvalue weighted by molar-refractivity contribution is -0.120. The van der Waals surface area contributed by atoms with Crippen molar-refractivity contribution in [3.05, 3.63) is 102 Å². The van der Waals surface area contributed by atoms with Crippen LogP contribution < -0.4 is 5.32 Å². The van der Waals surface area contributed by atoms with Crippen LogP contribution in [0.3, 0.4) is 0 Å². The molecule has 0 fully saturated rings. The minimum Gasteiger partial charge on any atom is -0.352 e. The number of aromatic nitrogens is 3. The van der Waals surface area contributed by atoms with Crippen molar-refractivity contribution in [3.63, 3.8) is 0 Å². The number of halogens is 1. The fraction of sp³-hybridized carbons (Fsp3) is 0.130. The van der Waals surface area contributed by atoms with E-state index in [4.69, 9.17) is 0 Å². The summed E-state index contributed by atoms with van der Waals surface area (Å²) in [4.78, 5) is 16.4. The fourth-order valence-electron chi connectivity index (χ4n) is 3.23. The van der Waals surface area contributed by atoms with Crippen molar-refractivity contribution in [2.24, 2.45) is 0 Å². The summed E-state index contributed by atoms with van der Waals surface area (Å²) in [7, 11) is 0. The molecule has 5 nitrogen and oxygen atoms in total. The highest BCUT2D eigenvalue weighted by molar-refractivity contribution is 5.78. The van der Waals surface area contributed by atoms with Gasteiger partial charge in [0, 0.05) is 37.0 Å². The molecule has 4 aromatic rings. The van der Waals surface area contributed by atoms with Gasteiger partial charge in [-0.25, -0.2) is 9.37 Å². The van der Waals surface area contributed by atoms with Gasteiger partial charge in [0.15, 0.2) is 0 Å². The molecule has 4 rings (SSSR count). The Morgan fingerprint density at radius 1 is 1.03 bits per heavy atom. The van der Waals surface area contributed by atoms with E-state index in [9.17, 15) is 9.18 Å². The summed E-state index contributed by atoms with van der Waals surface area (Å²) in [6.45, 7) is 2.10. The zero-order chi connectivity index (χ0) is 20.2. The predicted molar refractivity (Wildman–Crippen MR) is 110 cm³/mol. The molecule has 1 amide bonds. The molecular formula is C23H21FN4O. The second-order valence-corrected chi connectivity index (χ2v) is 6.84. The minimum absolute atomic E-state index is 0.103. The standard InChI is InChI=1S/C23H21FN4O/c1-17-25-10-13-28(17)22-9-6-19(14-21(22)24)16-26-23(29)15-18-4-7-20(8-5-18)27-11-2-3-12-27/h2-14H,15-16H2,1H3,(H,26,29). The number of amides is 1. The largest absolute Gasteiger partial charge is 0.352 e. The van der Waals surface area contributed by atoms with E-state index in [1.165, 1.54) is 6.07 Å². The Balaban J connectivity index is 1.35. The van der Waals surface area contributed by atoms with Gasteiger partial charge in [0.25, 0.3) is 0 Å². The number of benzene rings is 2. The third kappa shape index (κ3) is 4.27. The average molecular weight is 388 g/mol. The van der Waals surface area contributed by atoms with Crippen molar-refractivity contribution < 1.29 is 9.18 Å². The minimum atomic E-state index is -0.349. The van der Waals surface area contributed by atoms with Crippen LogP contribution >= 0.6 is 0 Å². The Bertz CT molecular complexity index is 1110. The summed E-state index contributed by atoms with van der Waals surface area (Å²) in [6, 6.07) is 16.7. The van der Waals surface area contributed by atoms with Crippen LogP contribution in [0.25, 0.3) is 11.4 Å². The lowest BCUT2D eigenvalue weighted by Gasteiger charge is -2.10. The first kappa shape index (κ1) is 18.7. The highest BCUT2D eigenvalue weighted by Gasteiger charge is 2.09. The third-order valence-electron chi connectivity index (χ3n) is 4.79. The summed E-state index contributed by atoms with van der Waals surface area (Å²) in [5.74, 6) is 0.264. The van der Waals surface area contributed by atoms with E-state index in [0.29, 0.717) is 17.1 Å². The van der Waals surface area contributed by atoms with Gasteiger partial charge < -0.3 is 14.5 Å². The van der Waals surface area contributed by atoms with E-state index in [1.54, 1.807) is 23.0 Å². The van der Waals surface area contributed by atoms with Crippen molar-refractivity contribution >= 4 is 5.91 Å². The molecule has 0 saturated heterocycles. The zero-order valence-corrected chi connectivity index (χ0v) is 16.0.